The Hall–Kier alpha value is -1.85. The number of hydrogen-bond acceptors (Lipinski definition) is 3. The molecule has 1 spiro atoms. The molecule has 5 heteroatoms. The number of ether oxygens (including phenoxy) is 2. The van der Waals surface area contributed by atoms with Crippen LogP contribution in [-0.4, -0.2) is 34.6 Å². The highest BCUT2D eigenvalue weighted by molar-refractivity contribution is 5.95. The van der Waals surface area contributed by atoms with E-state index in [-0.39, 0.29) is 0 Å². The van der Waals surface area contributed by atoms with Crippen molar-refractivity contribution in [2.45, 2.75) is 25.0 Å². The summed E-state index contributed by atoms with van der Waals surface area (Å²) < 4.78 is 13.8. The van der Waals surface area contributed by atoms with E-state index in [0.717, 1.165) is 23.7 Å². The lowest BCUT2D eigenvalue weighted by Gasteiger charge is -2.32. The fourth-order valence-electron chi connectivity index (χ4n) is 3.63. The van der Waals surface area contributed by atoms with Crippen LogP contribution in [0.15, 0.2) is 18.2 Å². The number of benzene rings is 1. The van der Waals surface area contributed by atoms with Gasteiger partial charge in [0.05, 0.1) is 18.8 Å². The van der Waals surface area contributed by atoms with Crippen LogP contribution in [-0.2, 0) is 29.4 Å². The molecule has 1 saturated heterocycles. The van der Waals surface area contributed by atoms with Gasteiger partial charge < -0.3 is 19.1 Å². The van der Waals surface area contributed by atoms with Gasteiger partial charge in [-0.05, 0) is 30.2 Å². The number of carbonyl (C=O) groups is 1. The first kappa shape index (κ1) is 12.9. The normalized spacial score (nSPS) is 20.0. The zero-order valence-corrected chi connectivity index (χ0v) is 11.9. The second-order valence-electron chi connectivity index (χ2n) is 5.81. The number of carboxylic acid groups (broad SMARTS) is 1. The van der Waals surface area contributed by atoms with E-state index in [1.54, 1.807) is 12.1 Å². The maximum atomic E-state index is 11.2. The van der Waals surface area contributed by atoms with Crippen LogP contribution in [0, 0.1) is 0 Å². The third-order valence-electron chi connectivity index (χ3n) is 4.69. The largest absolute Gasteiger partial charge is 0.478 e. The quantitative estimate of drug-likeness (QED) is 0.872. The summed E-state index contributed by atoms with van der Waals surface area (Å²) in [6.07, 6.45) is 2.45. The lowest BCUT2D eigenvalue weighted by atomic mass is 9.90. The number of aryl methyl sites for hydroxylation is 1. The molecule has 1 aromatic heterocycles. The molecule has 0 unspecified atom stereocenters. The van der Waals surface area contributed by atoms with Gasteiger partial charge in [0.25, 0.3) is 0 Å². The SMILES string of the molecule is Cn1c2c(c3cc(C(=O)O)ccc31)CC1(CC2)OCCO1. The summed E-state index contributed by atoms with van der Waals surface area (Å²) in [6.45, 7) is 1.28. The van der Waals surface area contributed by atoms with Crippen LogP contribution in [0.1, 0.15) is 28.0 Å². The molecule has 5 nitrogen and oxygen atoms in total. The number of hydrogen-bond donors (Lipinski definition) is 1. The van der Waals surface area contributed by atoms with Crippen molar-refractivity contribution in [3.63, 3.8) is 0 Å². The number of carboxylic acids is 1. The molecule has 2 aromatic rings. The standard InChI is InChI=1S/C16H17NO4/c1-17-13-3-2-10(15(18)19)8-11(13)12-9-16(5-4-14(12)17)20-6-7-21-16/h2-3,8H,4-7,9H2,1H3,(H,18,19). The third-order valence-corrected chi connectivity index (χ3v) is 4.69. The zero-order valence-electron chi connectivity index (χ0n) is 11.9. The van der Waals surface area contributed by atoms with E-state index in [1.807, 2.05) is 13.1 Å². The molecule has 1 aromatic carbocycles. The van der Waals surface area contributed by atoms with E-state index in [0.29, 0.717) is 25.2 Å². The molecule has 110 valence electrons. The van der Waals surface area contributed by atoms with Gasteiger partial charge in [-0.25, -0.2) is 4.79 Å². The van der Waals surface area contributed by atoms with Gasteiger partial charge in [-0.3, -0.25) is 0 Å². The Morgan fingerprint density at radius 1 is 1.33 bits per heavy atom. The number of rotatable bonds is 1. The molecule has 1 fully saturated rings. The minimum atomic E-state index is -0.895. The van der Waals surface area contributed by atoms with Crippen molar-refractivity contribution in [3.8, 4) is 0 Å². The molecule has 2 aliphatic rings. The molecule has 21 heavy (non-hydrogen) atoms. The highest BCUT2D eigenvalue weighted by Crippen LogP contribution is 2.39. The maximum Gasteiger partial charge on any atom is 0.335 e. The van der Waals surface area contributed by atoms with Gasteiger partial charge in [0, 0.05) is 36.5 Å². The van der Waals surface area contributed by atoms with Gasteiger partial charge in [0.1, 0.15) is 0 Å². The molecule has 0 atom stereocenters. The first-order chi connectivity index (χ1) is 10.1. The van der Waals surface area contributed by atoms with Crippen molar-refractivity contribution in [1.29, 1.82) is 0 Å². The van der Waals surface area contributed by atoms with Gasteiger partial charge in [0.15, 0.2) is 5.79 Å². The molecule has 1 aliphatic carbocycles. The Morgan fingerprint density at radius 2 is 2.10 bits per heavy atom. The average Bonchev–Trinajstić information content (AvgIpc) is 3.03. The fourth-order valence-corrected chi connectivity index (χ4v) is 3.63. The Labute approximate surface area is 122 Å². The first-order valence-corrected chi connectivity index (χ1v) is 7.21. The Balaban J connectivity index is 1.90. The monoisotopic (exact) mass is 287 g/mol. The summed E-state index contributed by atoms with van der Waals surface area (Å²) >= 11 is 0. The topological polar surface area (TPSA) is 60.7 Å². The minimum Gasteiger partial charge on any atom is -0.478 e. The second kappa shape index (κ2) is 4.32. The summed E-state index contributed by atoms with van der Waals surface area (Å²) in [5.74, 6) is -1.39. The van der Waals surface area contributed by atoms with Crippen LogP contribution >= 0.6 is 0 Å². The number of fused-ring (bicyclic) bond motifs is 3. The number of nitrogens with zero attached hydrogens (tertiary/aromatic N) is 1. The van der Waals surface area contributed by atoms with Crippen molar-refractivity contribution in [1.82, 2.24) is 4.57 Å². The van der Waals surface area contributed by atoms with Crippen LogP contribution < -0.4 is 0 Å². The first-order valence-electron chi connectivity index (χ1n) is 7.21. The lowest BCUT2D eigenvalue weighted by molar-refractivity contribution is -0.163. The smallest absolute Gasteiger partial charge is 0.335 e. The van der Waals surface area contributed by atoms with Gasteiger partial charge in [-0.2, -0.15) is 0 Å². The van der Waals surface area contributed by atoms with Crippen LogP contribution in [0.5, 0.6) is 0 Å². The number of aromatic nitrogens is 1. The minimum absolute atomic E-state index is 0.323. The Kier molecular flexibility index (Phi) is 2.65. The molecule has 1 aliphatic heterocycles. The zero-order chi connectivity index (χ0) is 14.6. The summed E-state index contributed by atoms with van der Waals surface area (Å²) in [5.41, 5.74) is 3.82. The molecule has 1 N–H and O–H groups in total. The van der Waals surface area contributed by atoms with Gasteiger partial charge >= 0.3 is 5.97 Å². The third kappa shape index (κ3) is 1.81. The van der Waals surface area contributed by atoms with Crippen molar-refractivity contribution in [2.24, 2.45) is 7.05 Å². The van der Waals surface area contributed by atoms with E-state index >= 15 is 0 Å². The van der Waals surface area contributed by atoms with Crippen LogP contribution in [0.25, 0.3) is 10.9 Å². The molecular formula is C16H17NO4. The lowest BCUT2D eigenvalue weighted by Crippen LogP contribution is -2.37. The highest BCUT2D eigenvalue weighted by atomic mass is 16.7. The molecule has 0 amide bonds. The van der Waals surface area contributed by atoms with Gasteiger partial charge in [-0.1, -0.05) is 0 Å². The predicted molar refractivity (Wildman–Crippen MR) is 76.5 cm³/mol. The van der Waals surface area contributed by atoms with Crippen molar-refractivity contribution >= 4 is 16.9 Å². The van der Waals surface area contributed by atoms with Gasteiger partial charge in [0.2, 0.25) is 0 Å². The van der Waals surface area contributed by atoms with Crippen molar-refractivity contribution in [2.75, 3.05) is 13.2 Å². The van der Waals surface area contributed by atoms with Crippen LogP contribution in [0.2, 0.25) is 0 Å². The summed E-state index contributed by atoms with van der Waals surface area (Å²) in [5, 5.41) is 10.2. The Morgan fingerprint density at radius 3 is 2.81 bits per heavy atom. The van der Waals surface area contributed by atoms with E-state index < -0.39 is 11.8 Å². The summed E-state index contributed by atoms with van der Waals surface area (Å²) in [6, 6.07) is 5.32. The molecule has 0 radical (unpaired) electrons. The fraction of sp³-hybridized carbons (Fsp3) is 0.438. The molecule has 0 saturated carbocycles. The maximum absolute atomic E-state index is 11.2. The van der Waals surface area contributed by atoms with E-state index in [1.165, 1.54) is 11.3 Å². The van der Waals surface area contributed by atoms with E-state index in [2.05, 4.69) is 4.57 Å². The van der Waals surface area contributed by atoms with Crippen molar-refractivity contribution in [3.05, 3.63) is 35.0 Å². The van der Waals surface area contributed by atoms with Crippen molar-refractivity contribution < 1.29 is 19.4 Å². The molecular weight excluding hydrogens is 270 g/mol. The summed E-state index contributed by atoms with van der Waals surface area (Å²) in [7, 11) is 2.04. The highest BCUT2D eigenvalue weighted by Gasteiger charge is 2.41. The molecule has 4 rings (SSSR count). The second-order valence-corrected chi connectivity index (χ2v) is 5.81. The summed E-state index contributed by atoms with van der Waals surface area (Å²) in [4.78, 5) is 11.2. The number of aromatic carboxylic acids is 1. The molecule has 2 heterocycles. The predicted octanol–water partition coefficient (Wildman–Crippen LogP) is 2.11. The van der Waals surface area contributed by atoms with E-state index in [4.69, 9.17) is 9.47 Å². The van der Waals surface area contributed by atoms with Gasteiger partial charge in [-0.15, -0.1) is 0 Å². The van der Waals surface area contributed by atoms with E-state index in [9.17, 15) is 9.90 Å². The van der Waals surface area contributed by atoms with Crippen LogP contribution in [0.4, 0.5) is 0 Å². The Bertz CT molecular complexity index is 740. The molecule has 0 bridgehead atoms. The average molecular weight is 287 g/mol. The van der Waals surface area contributed by atoms with Crippen LogP contribution in [0.3, 0.4) is 0 Å².